The van der Waals surface area contributed by atoms with Gasteiger partial charge in [-0.05, 0) is 87.6 Å². The summed E-state index contributed by atoms with van der Waals surface area (Å²) in [6.45, 7) is 11.7. The van der Waals surface area contributed by atoms with E-state index in [-0.39, 0.29) is 25.0 Å². The average Bonchev–Trinajstić information content (AvgIpc) is 2.84. The number of hydrogen-bond acceptors (Lipinski definition) is 3. The number of amides is 2. The lowest BCUT2D eigenvalue weighted by molar-refractivity contribution is -0.143. The number of aryl methyl sites for hydroxylation is 2. The van der Waals surface area contributed by atoms with Crippen LogP contribution in [0.4, 0.5) is 0 Å². The first-order valence-electron chi connectivity index (χ1n) is 12.6. The zero-order valence-electron chi connectivity index (χ0n) is 22.9. The summed E-state index contributed by atoms with van der Waals surface area (Å²) < 4.78 is 6.03. The van der Waals surface area contributed by atoms with Crippen molar-refractivity contribution in [3.05, 3.63) is 98.5 Å². The number of nitrogens with one attached hydrogen (secondary N) is 1. The third kappa shape index (κ3) is 8.24. The Morgan fingerprint density at radius 2 is 1.61 bits per heavy atom. The lowest BCUT2D eigenvalue weighted by Gasteiger charge is -2.34. The number of benzene rings is 3. The van der Waals surface area contributed by atoms with Crippen LogP contribution in [0.25, 0.3) is 0 Å². The SMILES string of the molecule is Cc1cc(C)c(C)c(OCC(=O)N(Cc2ccc(Cl)c(Cl)c2)C(Cc2ccccc2)C(=O)NC(C)(C)C)c1. The number of carbonyl (C=O) groups is 2. The summed E-state index contributed by atoms with van der Waals surface area (Å²) >= 11 is 12.4. The van der Waals surface area contributed by atoms with Gasteiger partial charge in [0.1, 0.15) is 11.8 Å². The predicted octanol–water partition coefficient (Wildman–Crippen LogP) is 6.85. The molecule has 1 N–H and O–H groups in total. The fourth-order valence-electron chi connectivity index (χ4n) is 4.21. The van der Waals surface area contributed by atoms with Gasteiger partial charge in [0.05, 0.1) is 10.0 Å². The topological polar surface area (TPSA) is 58.6 Å². The van der Waals surface area contributed by atoms with E-state index < -0.39 is 11.6 Å². The molecule has 1 atom stereocenters. The van der Waals surface area contributed by atoms with Gasteiger partial charge in [-0.1, -0.05) is 65.7 Å². The highest BCUT2D eigenvalue weighted by Crippen LogP contribution is 2.26. The maximum Gasteiger partial charge on any atom is 0.261 e. The Labute approximate surface area is 236 Å². The molecule has 0 fully saturated rings. The highest BCUT2D eigenvalue weighted by molar-refractivity contribution is 6.42. The van der Waals surface area contributed by atoms with Gasteiger partial charge < -0.3 is 15.0 Å². The molecule has 38 heavy (non-hydrogen) atoms. The normalized spacial score (nSPS) is 12.1. The van der Waals surface area contributed by atoms with E-state index in [0.717, 1.165) is 27.8 Å². The van der Waals surface area contributed by atoms with Crippen molar-refractivity contribution in [2.24, 2.45) is 0 Å². The molecule has 0 aliphatic carbocycles. The molecule has 3 rings (SSSR count). The Morgan fingerprint density at radius 1 is 0.921 bits per heavy atom. The van der Waals surface area contributed by atoms with Gasteiger partial charge in [0.15, 0.2) is 6.61 Å². The van der Waals surface area contributed by atoms with Crippen molar-refractivity contribution in [2.75, 3.05) is 6.61 Å². The van der Waals surface area contributed by atoms with E-state index in [2.05, 4.69) is 11.4 Å². The highest BCUT2D eigenvalue weighted by Gasteiger charge is 2.32. The summed E-state index contributed by atoms with van der Waals surface area (Å²) in [5.74, 6) is 0.112. The molecule has 0 aliphatic rings. The van der Waals surface area contributed by atoms with Crippen LogP contribution in [0, 0.1) is 20.8 Å². The summed E-state index contributed by atoms with van der Waals surface area (Å²) in [4.78, 5) is 29.0. The molecule has 3 aromatic rings. The lowest BCUT2D eigenvalue weighted by atomic mass is 10.0. The first kappa shape index (κ1) is 29.5. The lowest BCUT2D eigenvalue weighted by Crippen LogP contribution is -2.55. The van der Waals surface area contributed by atoms with Crippen LogP contribution >= 0.6 is 23.2 Å². The Morgan fingerprint density at radius 3 is 2.24 bits per heavy atom. The molecule has 0 aromatic heterocycles. The highest BCUT2D eigenvalue weighted by atomic mass is 35.5. The smallest absolute Gasteiger partial charge is 0.261 e. The molecule has 0 spiro atoms. The van der Waals surface area contributed by atoms with E-state index in [0.29, 0.717) is 22.2 Å². The monoisotopic (exact) mass is 554 g/mol. The summed E-state index contributed by atoms with van der Waals surface area (Å²) in [6.07, 6.45) is 0.346. The molecule has 0 saturated carbocycles. The van der Waals surface area contributed by atoms with Crippen molar-refractivity contribution in [3.8, 4) is 5.75 Å². The Balaban J connectivity index is 1.98. The van der Waals surface area contributed by atoms with E-state index in [1.54, 1.807) is 17.0 Å². The van der Waals surface area contributed by atoms with E-state index in [1.165, 1.54) is 0 Å². The molecule has 7 heteroatoms. The largest absolute Gasteiger partial charge is 0.483 e. The minimum absolute atomic E-state index is 0.167. The molecule has 3 aromatic carbocycles. The van der Waals surface area contributed by atoms with Crippen molar-refractivity contribution in [2.45, 2.75) is 66.1 Å². The Bertz CT molecular complexity index is 1290. The van der Waals surface area contributed by atoms with E-state index in [4.69, 9.17) is 27.9 Å². The molecule has 2 amide bonds. The second-order valence-electron chi connectivity index (χ2n) is 10.7. The van der Waals surface area contributed by atoms with Gasteiger partial charge in [-0.25, -0.2) is 0 Å². The van der Waals surface area contributed by atoms with Crippen molar-refractivity contribution >= 4 is 35.0 Å². The maximum absolute atomic E-state index is 13.8. The van der Waals surface area contributed by atoms with Gasteiger partial charge >= 0.3 is 0 Å². The fraction of sp³-hybridized carbons (Fsp3) is 0.355. The van der Waals surface area contributed by atoms with Gasteiger partial charge in [-0.2, -0.15) is 0 Å². The van der Waals surface area contributed by atoms with Crippen molar-refractivity contribution in [1.29, 1.82) is 0 Å². The molecule has 1 unspecified atom stereocenters. The minimum atomic E-state index is -0.775. The second kappa shape index (κ2) is 12.7. The van der Waals surface area contributed by atoms with Crippen LogP contribution in [-0.2, 0) is 22.6 Å². The average molecular weight is 556 g/mol. The summed E-state index contributed by atoms with van der Waals surface area (Å²) in [5, 5.41) is 3.87. The van der Waals surface area contributed by atoms with Crippen LogP contribution in [0.2, 0.25) is 10.0 Å². The van der Waals surface area contributed by atoms with Crippen molar-refractivity contribution < 1.29 is 14.3 Å². The van der Waals surface area contributed by atoms with Gasteiger partial charge in [0.2, 0.25) is 5.91 Å². The van der Waals surface area contributed by atoms with Gasteiger partial charge in [-0.3, -0.25) is 9.59 Å². The predicted molar refractivity (Wildman–Crippen MR) is 155 cm³/mol. The van der Waals surface area contributed by atoms with Gasteiger partial charge in [0, 0.05) is 18.5 Å². The molecule has 0 radical (unpaired) electrons. The quantitative estimate of drug-likeness (QED) is 0.314. The molecule has 5 nitrogen and oxygen atoms in total. The van der Waals surface area contributed by atoms with Gasteiger partial charge in [-0.15, -0.1) is 0 Å². The molecule has 0 saturated heterocycles. The van der Waals surface area contributed by atoms with Crippen LogP contribution < -0.4 is 10.1 Å². The summed E-state index contributed by atoms with van der Waals surface area (Å²) in [6, 6.07) is 18.1. The first-order chi connectivity index (χ1) is 17.8. The third-order valence-corrected chi connectivity index (χ3v) is 6.96. The molecular weight excluding hydrogens is 519 g/mol. The van der Waals surface area contributed by atoms with Crippen molar-refractivity contribution in [3.63, 3.8) is 0 Å². The zero-order chi connectivity index (χ0) is 28.0. The van der Waals surface area contributed by atoms with Gasteiger partial charge in [0.25, 0.3) is 5.91 Å². The van der Waals surface area contributed by atoms with E-state index >= 15 is 0 Å². The van der Waals surface area contributed by atoms with Crippen LogP contribution in [0.15, 0.2) is 60.7 Å². The van der Waals surface area contributed by atoms with Crippen LogP contribution in [0.5, 0.6) is 5.75 Å². The fourth-order valence-corrected chi connectivity index (χ4v) is 4.54. The number of halogens is 2. The molecular formula is C31H36Cl2N2O3. The van der Waals surface area contributed by atoms with Crippen LogP contribution in [-0.4, -0.2) is 34.9 Å². The standard InChI is InChI=1S/C31H36Cl2N2O3/c1-20-14-21(2)22(3)28(15-20)38-19-29(36)35(18-24-12-13-25(32)26(33)16-24)27(30(37)34-31(4,5)6)17-23-10-8-7-9-11-23/h7-16,27H,17-19H2,1-6H3,(H,34,37). The second-order valence-corrected chi connectivity index (χ2v) is 11.5. The number of ether oxygens (including phenoxy) is 1. The molecule has 0 aliphatic heterocycles. The molecule has 0 bridgehead atoms. The first-order valence-corrected chi connectivity index (χ1v) is 13.4. The van der Waals surface area contributed by atoms with E-state index in [1.807, 2.05) is 84.0 Å². The van der Waals surface area contributed by atoms with Crippen LogP contribution in [0.3, 0.4) is 0 Å². The molecule has 202 valence electrons. The zero-order valence-corrected chi connectivity index (χ0v) is 24.4. The number of hydrogen-bond donors (Lipinski definition) is 1. The maximum atomic E-state index is 13.8. The summed E-state index contributed by atoms with van der Waals surface area (Å²) in [7, 11) is 0. The third-order valence-electron chi connectivity index (χ3n) is 6.22. The minimum Gasteiger partial charge on any atom is -0.483 e. The Kier molecular flexibility index (Phi) is 9.86. The number of nitrogens with zero attached hydrogens (tertiary/aromatic N) is 1. The number of carbonyl (C=O) groups excluding carboxylic acids is 2. The Hall–Kier alpha value is -3.02. The number of rotatable bonds is 9. The molecule has 0 heterocycles. The summed E-state index contributed by atoms with van der Waals surface area (Å²) in [5.41, 5.74) is 4.35. The van der Waals surface area contributed by atoms with E-state index in [9.17, 15) is 9.59 Å². The van der Waals surface area contributed by atoms with Crippen LogP contribution in [0.1, 0.15) is 48.6 Å². The van der Waals surface area contributed by atoms with Crippen molar-refractivity contribution in [1.82, 2.24) is 10.2 Å².